The number of β-amino-alcohol motifs (C(OH)–C–C–N with tert-alkyl or cyclic N) is 1. The first-order valence-electron chi connectivity index (χ1n) is 13.3. The van der Waals surface area contributed by atoms with Gasteiger partial charge in [-0.1, -0.05) is 13.0 Å². The Kier molecular flexibility index (Phi) is 8.38. The van der Waals surface area contributed by atoms with E-state index in [0.29, 0.717) is 49.8 Å². The Hall–Kier alpha value is -3.96. The van der Waals surface area contributed by atoms with Crippen molar-refractivity contribution < 1.29 is 23.8 Å². The summed E-state index contributed by atoms with van der Waals surface area (Å²) in [6.45, 7) is 5.61. The minimum absolute atomic E-state index is 0.126. The Bertz CT molecular complexity index is 1280. The quantitative estimate of drug-likeness (QED) is 0.337. The van der Waals surface area contributed by atoms with Crippen molar-refractivity contribution in [3.05, 3.63) is 71.6 Å². The molecular weight excluding hydrogens is 500 g/mol. The van der Waals surface area contributed by atoms with Crippen molar-refractivity contribution in [1.82, 2.24) is 25.1 Å². The van der Waals surface area contributed by atoms with Gasteiger partial charge in [-0.25, -0.2) is 9.97 Å². The fourth-order valence-corrected chi connectivity index (χ4v) is 4.83. The molecule has 2 amide bonds. The van der Waals surface area contributed by atoms with Gasteiger partial charge in [-0.05, 0) is 41.8 Å². The van der Waals surface area contributed by atoms with E-state index in [1.54, 1.807) is 29.4 Å². The van der Waals surface area contributed by atoms with Gasteiger partial charge in [0.05, 0.1) is 18.3 Å². The molecule has 39 heavy (non-hydrogen) atoms. The van der Waals surface area contributed by atoms with Crippen LogP contribution in [-0.4, -0.2) is 81.6 Å². The molecule has 1 unspecified atom stereocenters. The van der Waals surface area contributed by atoms with E-state index < -0.39 is 6.10 Å². The predicted octanol–water partition coefficient (Wildman–Crippen LogP) is 1.83. The van der Waals surface area contributed by atoms with Gasteiger partial charge < -0.3 is 29.8 Å². The zero-order valence-corrected chi connectivity index (χ0v) is 22.0. The monoisotopic (exact) mass is 534 g/mol. The summed E-state index contributed by atoms with van der Waals surface area (Å²) in [5.74, 6) is 1.93. The van der Waals surface area contributed by atoms with Gasteiger partial charge in [-0.3, -0.25) is 14.5 Å². The van der Waals surface area contributed by atoms with Crippen LogP contribution in [0.25, 0.3) is 0 Å². The standard InChI is InChI=1S/C28H34N6O5/c1-2-27(36)34-14-22(15-34)32-26-10-20(5-7-30-26)28(37)31-11-23(35)16-33-8-6-19-9-24(4-3-21(19)13-33)38-17-25-12-29-18-39-25/h3-5,7,9-10,12,18,22-23,35H,2,6,8,11,13-17H2,1H3,(H,30,32)(H,31,37). The highest BCUT2D eigenvalue weighted by Gasteiger charge is 2.29. The van der Waals surface area contributed by atoms with Gasteiger partial charge in [0.1, 0.15) is 18.2 Å². The molecule has 5 rings (SSSR count). The van der Waals surface area contributed by atoms with Crippen LogP contribution in [0.3, 0.4) is 0 Å². The molecule has 2 aliphatic heterocycles. The Morgan fingerprint density at radius 2 is 2.10 bits per heavy atom. The smallest absolute Gasteiger partial charge is 0.251 e. The molecule has 2 aliphatic rings. The van der Waals surface area contributed by atoms with Crippen molar-refractivity contribution >= 4 is 17.6 Å². The number of amides is 2. The SMILES string of the molecule is CCC(=O)N1CC(Nc2cc(C(=O)NCC(O)CN3CCc4cc(OCc5cnco5)ccc4C3)ccn2)C1. The number of oxazole rings is 1. The first-order chi connectivity index (χ1) is 19.0. The number of hydrogen-bond donors (Lipinski definition) is 3. The fourth-order valence-electron chi connectivity index (χ4n) is 4.83. The number of carbonyl (C=O) groups excluding carboxylic acids is 2. The summed E-state index contributed by atoms with van der Waals surface area (Å²) >= 11 is 0. The van der Waals surface area contributed by atoms with E-state index in [-0.39, 0.29) is 24.4 Å². The third kappa shape index (κ3) is 6.92. The second kappa shape index (κ2) is 12.3. The molecule has 1 aromatic carbocycles. The molecule has 0 aliphatic carbocycles. The molecular formula is C28H34N6O5. The number of aliphatic hydroxyl groups excluding tert-OH is 1. The molecule has 1 fully saturated rings. The molecule has 4 heterocycles. The Labute approximate surface area is 227 Å². The number of fused-ring (bicyclic) bond motifs is 1. The number of aliphatic hydroxyl groups is 1. The second-order valence-electron chi connectivity index (χ2n) is 9.96. The molecule has 206 valence electrons. The maximum absolute atomic E-state index is 12.7. The number of rotatable bonds is 11. The second-order valence-corrected chi connectivity index (χ2v) is 9.96. The van der Waals surface area contributed by atoms with Crippen LogP contribution in [0.15, 0.2) is 53.5 Å². The molecule has 1 saturated heterocycles. The average Bonchev–Trinajstić information content (AvgIpc) is 3.46. The van der Waals surface area contributed by atoms with Crippen LogP contribution in [0.1, 0.15) is 40.6 Å². The van der Waals surface area contributed by atoms with Gasteiger partial charge >= 0.3 is 0 Å². The average molecular weight is 535 g/mol. The fraction of sp³-hybridized carbons (Fsp3) is 0.429. The lowest BCUT2D eigenvalue weighted by Gasteiger charge is -2.39. The van der Waals surface area contributed by atoms with Gasteiger partial charge in [-0.15, -0.1) is 0 Å². The van der Waals surface area contributed by atoms with E-state index in [1.165, 1.54) is 17.5 Å². The summed E-state index contributed by atoms with van der Waals surface area (Å²) in [4.78, 5) is 36.6. The van der Waals surface area contributed by atoms with E-state index in [4.69, 9.17) is 9.15 Å². The third-order valence-corrected chi connectivity index (χ3v) is 7.01. The van der Waals surface area contributed by atoms with Gasteiger partial charge in [0, 0.05) is 57.4 Å². The van der Waals surface area contributed by atoms with Crippen LogP contribution in [0.4, 0.5) is 5.82 Å². The molecule has 3 N–H and O–H groups in total. The first-order valence-corrected chi connectivity index (χ1v) is 13.3. The molecule has 1 atom stereocenters. The lowest BCUT2D eigenvalue weighted by molar-refractivity contribution is -0.134. The zero-order valence-electron chi connectivity index (χ0n) is 22.0. The number of anilines is 1. The van der Waals surface area contributed by atoms with Crippen LogP contribution in [0.5, 0.6) is 5.75 Å². The molecule has 0 spiro atoms. The summed E-state index contributed by atoms with van der Waals surface area (Å²) in [6.07, 6.45) is 5.26. The molecule has 2 aromatic heterocycles. The molecule has 3 aromatic rings. The number of carbonyl (C=O) groups is 2. The minimum Gasteiger partial charge on any atom is -0.486 e. The van der Waals surface area contributed by atoms with E-state index in [0.717, 1.165) is 25.3 Å². The van der Waals surface area contributed by atoms with Crippen molar-refractivity contribution in [1.29, 1.82) is 0 Å². The van der Waals surface area contributed by atoms with E-state index in [2.05, 4.69) is 37.6 Å². The lowest BCUT2D eigenvalue weighted by atomic mass is 9.99. The molecule has 11 nitrogen and oxygen atoms in total. The van der Waals surface area contributed by atoms with Gasteiger partial charge in [0.15, 0.2) is 12.2 Å². The van der Waals surface area contributed by atoms with E-state index in [1.807, 2.05) is 13.0 Å². The lowest BCUT2D eigenvalue weighted by Crippen LogP contribution is -2.56. The molecule has 0 saturated carbocycles. The number of likely N-dealkylation sites (tertiary alicyclic amines) is 1. The third-order valence-electron chi connectivity index (χ3n) is 7.01. The van der Waals surface area contributed by atoms with Crippen LogP contribution >= 0.6 is 0 Å². The number of pyridine rings is 1. The predicted molar refractivity (Wildman–Crippen MR) is 143 cm³/mol. The normalized spacial score (nSPS) is 16.2. The van der Waals surface area contributed by atoms with Crippen molar-refractivity contribution in [2.75, 3.05) is 38.0 Å². The maximum atomic E-state index is 12.7. The number of ether oxygens (including phenoxy) is 1. The van der Waals surface area contributed by atoms with Crippen molar-refractivity contribution in [2.24, 2.45) is 0 Å². The van der Waals surface area contributed by atoms with Crippen molar-refractivity contribution in [3.63, 3.8) is 0 Å². The van der Waals surface area contributed by atoms with E-state index >= 15 is 0 Å². The van der Waals surface area contributed by atoms with Crippen LogP contribution < -0.4 is 15.4 Å². The summed E-state index contributed by atoms with van der Waals surface area (Å²) in [6, 6.07) is 9.52. The summed E-state index contributed by atoms with van der Waals surface area (Å²) in [5.41, 5.74) is 2.90. The Morgan fingerprint density at radius 1 is 1.23 bits per heavy atom. The number of nitrogens with one attached hydrogen (secondary N) is 2. The minimum atomic E-state index is -0.698. The molecule has 11 heteroatoms. The number of nitrogens with zero attached hydrogens (tertiary/aromatic N) is 4. The van der Waals surface area contributed by atoms with Crippen molar-refractivity contribution in [2.45, 2.75) is 45.1 Å². The summed E-state index contributed by atoms with van der Waals surface area (Å²) in [5, 5.41) is 16.7. The number of hydrogen-bond acceptors (Lipinski definition) is 9. The largest absolute Gasteiger partial charge is 0.486 e. The van der Waals surface area contributed by atoms with Crippen LogP contribution in [-0.2, 0) is 24.4 Å². The topological polar surface area (TPSA) is 133 Å². The van der Waals surface area contributed by atoms with Crippen molar-refractivity contribution in [3.8, 4) is 5.75 Å². The van der Waals surface area contributed by atoms with Crippen LogP contribution in [0.2, 0.25) is 0 Å². The zero-order chi connectivity index (χ0) is 27.2. The summed E-state index contributed by atoms with van der Waals surface area (Å²) < 4.78 is 11.0. The Balaban J connectivity index is 1.05. The highest BCUT2D eigenvalue weighted by Crippen LogP contribution is 2.24. The molecule has 0 radical (unpaired) electrons. The van der Waals surface area contributed by atoms with Gasteiger partial charge in [0.2, 0.25) is 5.91 Å². The molecule has 0 bridgehead atoms. The van der Waals surface area contributed by atoms with Gasteiger partial charge in [0.25, 0.3) is 5.91 Å². The highest BCUT2D eigenvalue weighted by molar-refractivity contribution is 5.94. The highest BCUT2D eigenvalue weighted by atomic mass is 16.5. The van der Waals surface area contributed by atoms with Crippen LogP contribution in [0, 0.1) is 0 Å². The first kappa shape index (κ1) is 26.6. The number of benzene rings is 1. The van der Waals surface area contributed by atoms with E-state index in [9.17, 15) is 14.7 Å². The number of aromatic nitrogens is 2. The van der Waals surface area contributed by atoms with Gasteiger partial charge in [-0.2, -0.15) is 0 Å². The maximum Gasteiger partial charge on any atom is 0.251 e. The summed E-state index contributed by atoms with van der Waals surface area (Å²) in [7, 11) is 0. The Morgan fingerprint density at radius 3 is 2.90 bits per heavy atom.